The molecule has 0 aromatic heterocycles. The normalized spacial score (nSPS) is 48.8. The second-order valence-electron chi connectivity index (χ2n) is 10.1. The van der Waals surface area contributed by atoms with Gasteiger partial charge in [-0.05, 0) is 57.4 Å². The Morgan fingerprint density at radius 2 is 1.83 bits per heavy atom. The van der Waals surface area contributed by atoms with Gasteiger partial charge in [0.15, 0.2) is 17.2 Å². The smallest absolute Gasteiger partial charge is 0.303 e. The molecule has 3 saturated carbocycles. The number of aliphatic hydroxyl groups is 1. The van der Waals surface area contributed by atoms with Crippen LogP contribution in [0.2, 0.25) is 0 Å². The van der Waals surface area contributed by atoms with E-state index in [0.29, 0.717) is 32.1 Å². The van der Waals surface area contributed by atoms with Crippen molar-refractivity contribution < 1.29 is 28.6 Å². The molecular weight excluding hydrogens is 375 g/mol. The number of Topliss-reactive ketones (excluding diaryl/α,β-unsaturated/α-hetero) is 1. The van der Waals surface area contributed by atoms with E-state index < -0.39 is 40.1 Å². The first-order valence-corrected chi connectivity index (χ1v) is 10.7. The highest BCUT2D eigenvalue weighted by molar-refractivity contribution is 5.92. The summed E-state index contributed by atoms with van der Waals surface area (Å²) in [5.74, 6) is -1.35. The van der Waals surface area contributed by atoms with Crippen LogP contribution in [0.4, 0.5) is 4.39 Å². The van der Waals surface area contributed by atoms with E-state index in [1.807, 2.05) is 13.8 Å². The largest absolute Gasteiger partial charge is 0.451 e. The molecule has 160 valence electrons. The molecule has 0 spiro atoms. The first kappa shape index (κ1) is 20.7. The SMILES string of the molecule is CC(=O)O[C@]1(C(C)=O)CCC2C3CCC4=CC(=O)CCC4(C)[C@@]3(F)C(O)CC21C. The molecule has 0 bridgehead atoms. The fourth-order valence-corrected chi connectivity index (χ4v) is 7.62. The van der Waals surface area contributed by atoms with Crippen molar-refractivity contribution in [3.63, 3.8) is 0 Å². The summed E-state index contributed by atoms with van der Waals surface area (Å²) in [5.41, 5.74) is -4.05. The minimum atomic E-state index is -1.86. The Hall–Kier alpha value is -1.56. The summed E-state index contributed by atoms with van der Waals surface area (Å²) in [4.78, 5) is 36.6. The molecule has 0 radical (unpaired) electrons. The van der Waals surface area contributed by atoms with Crippen LogP contribution < -0.4 is 0 Å². The lowest BCUT2D eigenvalue weighted by Crippen LogP contribution is -2.69. The Kier molecular flexibility index (Phi) is 4.44. The second-order valence-corrected chi connectivity index (χ2v) is 10.1. The van der Waals surface area contributed by atoms with Crippen molar-refractivity contribution in [1.82, 2.24) is 0 Å². The van der Waals surface area contributed by atoms with E-state index in [1.165, 1.54) is 13.8 Å². The van der Waals surface area contributed by atoms with E-state index in [9.17, 15) is 19.5 Å². The molecule has 4 aliphatic carbocycles. The highest BCUT2D eigenvalue weighted by atomic mass is 19.1. The average Bonchev–Trinajstić information content (AvgIpc) is 2.90. The number of alkyl halides is 1. The summed E-state index contributed by atoms with van der Waals surface area (Å²) in [7, 11) is 0. The maximum Gasteiger partial charge on any atom is 0.303 e. The third kappa shape index (κ3) is 2.38. The van der Waals surface area contributed by atoms with Gasteiger partial charge in [-0.1, -0.05) is 19.4 Å². The van der Waals surface area contributed by atoms with Crippen molar-refractivity contribution >= 4 is 17.5 Å². The monoisotopic (exact) mass is 406 g/mol. The van der Waals surface area contributed by atoms with Crippen LogP contribution in [0.5, 0.6) is 0 Å². The first-order chi connectivity index (χ1) is 13.4. The van der Waals surface area contributed by atoms with E-state index >= 15 is 4.39 Å². The van der Waals surface area contributed by atoms with Gasteiger partial charge in [-0.3, -0.25) is 14.4 Å². The minimum absolute atomic E-state index is 0.0287. The van der Waals surface area contributed by atoms with Crippen LogP contribution in [-0.2, 0) is 19.1 Å². The molecule has 29 heavy (non-hydrogen) atoms. The summed E-state index contributed by atoms with van der Waals surface area (Å²) in [6.07, 6.45) is 3.15. The summed E-state index contributed by atoms with van der Waals surface area (Å²) < 4.78 is 22.6. The maximum atomic E-state index is 17.0. The van der Waals surface area contributed by atoms with Gasteiger partial charge in [-0.2, -0.15) is 0 Å². The van der Waals surface area contributed by atoms with Crippen LogP contribution in [0.25, 0.3) is 0 Å². The van der Waals surface area contributed by atoms with E-state index in [-0.39, 0.29) is 30.3 Å². The van der Waals surface area contributed by atoms with Crippen LogP contribution in [0.3, 0.4) is 0 Å². The fraction of sp³-hybridized carbons (Fsp3) is 0.783. The number of fused-ring (bicyclic) bond motifs is 5. The zero-order valence-electron chi connectivity index (χ0n) is 17.7. The van der Waals surface area contributed by atoms with Crippen LogP contribution in [-0.4, -0.2) is 40.0 Å². The number of allylic oxidation sites excluding steroid dienone is 1. The topological polar surface area (TPSA) is 80.7 Å². The van der Waals surface area contributed by atoms with Crippen LogP contribution >= 0.6 is 0 Å². The molecule has 0 aliphatic heterocycles. The van der Waals surface area contributed by atoms with Crippen molar-refractivity contribution in [2.75, 3.05) is 0 Å². The third-order valence-electron chi connectivity index (χ3n) is 9.05. The van der Waals surface area contributed by atoms with Gasteiger partial charge in [0.2, 0.25) is 0 Å². The van der Waals surface area contributed by atoms with Gasteiger partial charge in [0.05, 0.1) is 6.10 Å². The fourth-order valence-electron chi connectivity index (χ4n) is 7.62. The van der Waals surface area contributed by atoms with E-state index in [4.69, 9.17) is 4.74 Å². The number of halogens is 1. The molecule has 1 N–H and O–H groups in total. The molecule has 0 amide bonds. The van der Waals surface area contributed by atoms with E-state index in [1.54, 1.807) is 6.08 Å². The number of ether oxygens (including phenoxy) is 1. The number of hydrogen-bond acceptors (Lipinski definition) is 5. The quantitative estimate of drug-likeness (QED) is 0.710. The molecule has 5 unspecified atom stereocenters. The zero-order chi connectivity index (χ0) is 21.4. The van der Waals surface area contributed by atoms with Crippen molar-refractivity contribution in [1.29, 1.82) is 0 Å². The van der Waals surface area contributed by atoms with Crippen molar-refractivity contribution in [2.24, 2.45) is 22.7 Å². The Balaban J connectivity index is 1.81. The molecule has 4 aliphatic rings. The Morgan fingerprint density at radius 3 is 2.45 bits per heavy atom. The lowest BCUT2D eigenvalue weighted by molar-refractivity contribution is -0.231. The standard InChI is InChI=1S/C23H31FO5/c1-13(25)22(29-14(2)26)10-8-17-18-6-5-15-11-16(27)7-9-20(15,3)23(18,24)19(28)12-21(17,22)4/h11,17-19,28H,5-10,12H2,1-4H3/t17?,18?,19?,20?,21?,22-,23-/m0/s1. The summed E-state index contributed by atoms with van der Waals surface area (Å²) in [6, 6.07) is 0. The molecule has 5 nitrogen and oxygen atoms in total. The van der Waals surface area contributed by atoms with Gasteiger partial charge >= 0.3 is 5.97 Å². The molecule has 4 rings (SSSR count). The van der Waals surface area contributed by atoms with Gasteiger partial charge < -0.3 is 9.84 Å². The molecule has 0 aromatic rings. The number of carbonyl (C=O) groups excluding carboxylic acids is 3. The molecule has 3 fully saturated rings. The number of carbonyl (C=O) groups is 3. The Bertz CT molecular complexity index is 820. The summed E-state index contributed by atoms with van der Waals surface area (Å²) in [5, 5.41) is 11.3. The van der Waals surface area contributed by atoms with Gasteiger partial charge in [-0.15, -0.1) is 0 Å². The number of aliphatic hydroxyl groups excluding tert-OH is 1. The number of hydrogen-bond donors (Lipinski definition) is 1. The zero-order valence-corrected chi connectivity index (χ0v) is 17.7. The van der Waals surface area contributed by atoms with Crippen molar-refractivity contribution in [3.05, 3.63) is 11.6 Å². The lowest BCUT2D eigenvalue weighted by atomic mass is 9.44. The first-order valence-electron chi connectivity index (χ1n) is 10.7. The van der Waals surface area contributed by atoms with Crippen molar-refractivity contribution in [3.8, 4) is 0 Å². The second kappa shape index (κ2) is 6.22. The predicted molar refractivity (Wildman–Crippen MR) is 104 cm³/mol. The Labute approximate surface area is 171 Å². The van der Waals surface area contributed by atoms with Crippen LogP contribution in [0, 0.1) is 22.7 Å². The summed E-state index contributed by atoms with van der Waals surface area (Å²) in [6.45, 7) is 6.45. The lowest BCUT2D eigenvalue weighted by Gasteiger charge is -2.63. The minimum Gasteiger partial charge on any atom is -0.451 e. The molecule has 0 aromatic carbocycles. The van der Waals surface area contributed by atoms with Crippen LogP contribution in [0.15, 0.2) is 11.6 Å². The van der Waals surface area contributed by atoms with Crippen molar-refractivity contribution in [2.45, 2.75) is 90.0 Å². The Morgan fingerprint density at radius 1 is 1.14 bits per heavy atom. The molecule has 7 atom stereocenters. The predicted octanol–water partition coefficient (Wildman–Crippen LogP) is 3.47. The highest BCUT2D eigenvalue weighted by Crippen LogP contribution is 2.70. The summed E-state index contributed by atoms with van der Waals surface area (Å²) >= 11 is 0. The highest BCUT2D eigenvalue weighted by Gasteiger charge is 2.75. The number of ketones is 2. The third-order valence-corrected chi connectivity index (χ3v) is 9.05. The molecule has 0 heterocycles. The van der Waals surface area contributed by atoms with E-state index in [2.05, 4.69) is 0 Å². The van der Waals surface area contributed by atoms with Gasteiger partial charge in [0.25, 0.3) is 0 Å². The molecule has 0 saturated heterocycles. The van der Waals surface area contributed by atoms with Crippen LogP contribution in [0.1, 0.15) is 72.6 Å². The maximum absolute atomic E-state index is 17.0. The van der Waals surface area contributed by atoms with Gasteiger partial charge in [0.1, 0.15) is 5.67 Å². The average molecular weight is 406 g/mol. The molecule has 6 heteroatoms. The van der Waals surface area contributed by atoms with E-state index in [0.717, 1.165) is 5.57 Å². The molecular formula is C23H31FO5. The number of esters is 1. The number of rotatable bonds is 2. The van der Waals surface area contributed by atoms with Gasteiger partial charge in [0, 0.05) is 30.1 Å². The van der Waals surface area contributed by atoms with Gasteiger partial charge in [-0.25, -0.2) is 4.39 Å².